The van der Waals surface area contributed by atoms with Crippen LogP contribution in [0.5, 0.6) is 0 Å². The minimum atomic E-state index is -0.371. The first-order chi connectivity index (χ1) is 15.3. The van der Waals surface area contributed by atoms with E-state index in [9.17, 15) is 0 Å². The Balaban J connectivity index is 1.44. The molecule has 0 atom stereocenters. The van der Waals surface area contributed by atoms with E-state index in [0.717, 1.165) is 43.9 Å². The molecule has 0 radical (unpaired) electrons. The summed E-state index contributed by atoms with van der Waals surface area (Å²) in [4.78, 5) is 0. The van der Waals surface area contributed by atoms with Crippen LogP contribution in [0.4, 0.5) is 0 Å². The van der Waals surface area contributed by atoms with Crippen LogP contribution in [0.2, 0.25) is 0 Å². The van der Waals surface area contributed by atoms with Gasteiger partial charge in [-0.15, -0.1) is 0 Å². The van der Waals surface area contributed by atoms with Crippen LogP contribution in [0.3, 0.4) is 0 Å². The van der Waals surface area contributed by atoms with Crippen LogP contribution < -0.4 is 5.46 Å². The first kappa shape index (κ1) is 19.6. The smallest absolute Gasteiger partial charge is 0.455 e. The highest BCUT2D eigenvalue weighted by atomic mass is 16.7. The highest BCUT2D eigenvalue weighted by Crippen LogP contribution is 2.38. The summed E-state index contributed by atoms with van der Waals surface area (Å²) in [6, 6.07) is 27.5. The fourth-order valence-corrected chi connectivity index (χ4v) is 4.53. The predicted octanol–water partition coefficient (Wildman–Crippen LogP) is 6.71. The molecule has 1 fully saturated rings. The highest BCUT2D eigenvalue weighted by Gasteiger charge is 2.51. The summed E-state index contributed by atoms with van der Waals surface area (Å²) in [6.45, 7) is 8.33. The molecule has 0 N–H and O–H groups in total. The van der Waals surface area contributed by atoms with Gasteiger partial charge in [-0.05, 0) is 67.9 Å². The van der Waals surface area contributed by atoms with E-state index in [2.05, 4.69) is 107 Å². The minimum absolute atomic E-state index is 0.356. The topological polar surface area (TPSA) is 31.6 Å². The summed E-state index contributed by atoms with van der Waals surface area (Å²) >= 11 is 0. The Bertz CT molecular complexity index is 1480. The zero-order valence-corrected chi connectivity index (χ0v) is 18.8. The second kappa shape index (κ2) is 6.71. The molecular formula is C28H25BO3. The second-order valence-corrected chi connectivity index (χ2v) is 9.69. The Labute approximate surface area is 188 Å². The zero-order chi connectivity index (χ0) is 22.1. The number of fused-ring (bicyclic) bond motifs is 5. The third-order valence-electron chi connectivity index (χ3n) is 7.11. The standard InChI is InChI=1S/C28H25BO3/c1-27(2)28(3,4)32-29(31-27)21-10-7-9-19(16-21)20-13-15-25-24(17-20)23-14-12-18-8-5-6-11-22(18)26(23)30-25/h5-17H,1-4H3. The molecule has 2 heterocycles. The minimum Gasteiger partial charge on any atom is -0.455 e. The Hall–Kier alpha value is -3.08. The SMILES string of the molecule is CC1(C)OB(c2cccc(-c3ccc4oc5c6ccccc6ccc5c4c3)c2)OC1(C)C. The molecule has 158 valence electrons. The summed E-state index contributed by atoms with van der Waals surface area (Å²) in [5.41, 5.74) is 4.45. The number of hydrogen-bond acceptors (Lipinski definition) is 3. The van der Waals surface area contributed by atoms with Crippen molar-refractivity contribution >= 4 is 45.3 Å². The molecule has 4 aromatic carbocycles. The van der Waals surface area contributed by atoms with Crippen molar-refractivity contribution in [1.29, 1.82) is 0 Å². The van der Waals surface area contributed by atoms with E-state index in [0.29, 0.717) is 0 Å². The Kier molecular flexibility index (Phi) is 4.11. The van der Waals surface area contributed by atoms with Gasteiger partial charge in [0.1, 0.15) is 11.2 Å². The average molecular weight is 420 g/mol. The highest BCUT2D eigenvalue weighted by molar-refractivity contribution is 6.62. The Morgan fingerprint density at radius 2 is 1.38 bits per heavy atom. The molecule has 0 saturated carbocycles. The van der Waals surface area contributed by atoms with Crippen LogP contribution in [0.1, 0.15) is 27.7 Å². The quantitative estimate of drug-likeness (QED) is 0.298. The van der Waals surface area contributed by atoms with Crippen molar-refractivity contribution in [3.63, 3.8) is 0 Å². The predicted molar refractivity (Wildman–Crippen MR) is 132 cm³/mol. The first-order valence-electron chi connectivity index (χ1n) is 11.1. The molecule has 5 aromatic rings. The van der Waals surface area contributed by atoms with Crippen LogP contribution in [-0.2, 0) is 9.31 Å². The van der Waals surface area contributed by atoms with Crippen LogP contribution in [0, 0.1) is 0 Å². The fourth-order valence-electron chi connectivity index (χ4n) is 4.53. The van der Waals surface area contributed by atoms with E-state index in [1.807, 2.05) is 0 Å². The van der Waals surface area contributed by atoms with Gasteiger partial charge < -0.3 is 13.7 Å². The van der Waals surface area contributed by atoms with Gasteiger partial charge in [0.15, 0.2) is 0 Å². The van der Waals surface area contributed by atoms with Crippen molar-refractivity contribution in [3.8, 4) is 11.1 Å². The maximum Gasteiger partial charge on any atom is 0.494 e. The van der Waals surface area contributed by atoms with E-state index in [1.165, 1.54) is 5.39 Å². The van der Waals surface area contributed by atoms with Crippen LogP contribution >= 0.6 is 0 Å². The molecule has 0 spiro atoms. The fraction of sp³-hybridized carbons (Fsp3) is 0.214. The average Bonchev–Trinajstić information content (AvgIpc) is 3.27. The molecule has 0 bridgehead atoms. The molecule has 0 amide bonds. The Morgan fingerprint density at radius 3 is 2.19 bits per heavy atom. The molecule has 0 unspecified atom stereocenters. The second-order valence-electron chi connectivity index (χ2n) is 9.69. The van der Waals surface area contributed by atoms with Gasteiger partial charge in [0.05, 0.1) is 11.2 Å². The van der Waals surface area contributed by atoms with E-state index < -0.39 is 0 Å². The van der Waals surface area contributed by atoms with Crippen LogP contribution in [-0.4, -0.2) is 18.3 Å². The van der Waals surface area contributed by atoms with Gasteiger partial charge in [0.25, 0.3) is 0 Å². The first-order valence-corrected chi connectivity index (χ1v) is 11.1. The zero-order valence-electron chi connectivity index (χ0n) is 18.8. The molecule has 1 aliphatic heterocycles. The third-order valence-corrected chi connectivity index (χ3v) is 7.11. The molecule has 4 heteroatoms. The summed E-state index contributed by atoms with van der Waals surface area (Å²) in [6.07, 6.45) is 0. The molecule has 1 aromatic heterocycles. The molecule has 0 aliphatic carbocycles. The number of rotatable bonds is 2. The molecule has 1 aliphatic rings. The molecule has 3 nitrogen and oxygen atoms in total. The van der Waals surface area contributed by atoms with Crippen molar-refractivity contribution in [2.24, 2.45) is 0 Å². The van der Waals surface area contributed by atoms with Crippen LogP contribution in [0.15, 0.2) is 83.3 Å². The van der Waals surface area contributed by atoms with Crippen molar-refractivity contribution in [1.82, 2.24) is 0 Å². The van der Waals surface area contributed by atoms with Gasteiger partial charge in [-0.2, -0.15) is 0 Å². The molecule has 1 saturated heterocycles. The Morgan fingerprint density at radius 1 is 0.625 bits per heavy atom. The summed E-state index contributed by atoms with van der Waals surface area (Å²) in [5, 5.41) is 4.60. The number of benzene rings is 4. The van der Waals surface area contributed by atoms with E-state index in [-0.39, 0.29) is 18.3 Å². The summed E-state index contributed by atoms with van der Waals surface area (Å²) in [7, 11) is -0.371. The van der Waals surface area contributed by atoms with Gasteiger partial charge in [-0.3, -0.25) is 0 Å². The van der Waals surface area contributed by atoms with Crippen molar-refractivity contribution in [2.75, 3.05) is 0 Å². The van der Waals surface area contributed by atoms with Crippen molar-refractivity contribution < 1.29 is 13.7 Å². The lowest BCUT2D eigenvalue weighted by Crippen LogP contribution is -2.41. The maximum absolute atomic E-state index is 6.27. The maximum atomic E-state index is 6.27. The molecule has 6 rings (SSSR count). The summed E-state index contributed by atoms with van der Waals surface area (Å²) in [5.74, 6) is 0. The lowest BCUT2D eigenvalue weighted by Gasteiger charge is -2.32. The normalized spacial score (nSPS) is 17.6. The van der Waals surface area contributed by atoms with Gasteiger partial charge in [0, 0.05) is 16.2 Å². The van der Waals surface area contributed by atoms with Crippen molar-refractivity contribution in [2.45, 2.75) is 38.9 Å². The lowest BCUT2D eigenvalue weighted by molar-refractivity contribution is 0.00578. The largest absolute Gasteiger partial charge is 0.494 e. The number of hydrogen-bond donors (Lipinski definition) is 0. The number of furan rings is 1. The molecular weight excluding hydrogens is 395 g/mol. The van der Waals surface area contributed by atoms with Gasteiger partial charge in [0.2, 0.25) is 0 Å². The lowest BCUT2D eigenvalue weighted by atomic mass is 9.78. The monoisotopic (exact) mass is 420 g/mol. The third kappa shape index (κ3) is 2.91. The summed E-state index contributed by atoms with van der Waals surface area (Å²) < 4.78 is 18.8. The van der Waals surface area contributed by atoms with Gasteiger partial charge >= 0.3 is 7.12 Å². The van der Waals surface area contributed by atoms with Crippen molar-refractivity contribution in [3.05, 3.63) is 78.9 Å². The van der Waals surface area contributed by atoms with E-state index >= 15 is 0 Å². The van der Waals surface area contributed by atoms with E-state index in [4.69, 9.17) is 13.7 Å². The van der Waals surface area contributed by atoms with Crippen LogP contribution in [0.25, 0.3) is 43.8 Å². The van der Waals surface area contributed by atoms with Gasteiger partial charge in [-0.25, -0.2) is 0 Å². The molecule has 32 heavy (non-hydrogen) atoms. The van der Waals surface area contributed by atoms with Gasteiger partial charge in [-0.1, -0.05) is 60.7 Å². The van der Waals surface area contributed by atoms with E-state index in [1.54, 1.807) is 0 Å².